The van der Waals surface area contributed by atoms with Gasteiger partial charge in [-0.1, -0.05) is 37.3 Å². The third kappa shape index (κ3) is 4.05. The predicted octanol–water partition coefficient (Wildman–Crippen LogP) is 3.71. The molecule has 4 nitrogen and oxygen atoms in total. The van der Waals surface area contributed by atoms with Gasteiger partial charge in [-0.3, -0.25) is 4.79 Å². The van der Waals surface area contributed by atoms with Crippen molar-refractivity contribution in [3.63, 3.8) is 0 Å². The Labute approximate surface area is 153 Å². The number of carbonyl (C=O) groups is 1. The van der Waals surface area contributed by atoms with Gasteiger partial charge in [-0.15, -0.1) is 11.8 Å². The lowest BCUT2D eigenvalue weighted by Crippen LogP contribution is -2.45. The van der Waals surface area contributed by atoms with Crippen LogP contribution in [0.25, 0.3) is 0 Å². The van der Waals surface area contributed by atoms with E-state index < -0.39 is 5.60 Å². The lowest BCUT2D eigenvalue weighted by Gasteiger charge is -2.38. The molecule has 1 aliphatic heterocycles. The number of hydrogen-bond donors (Lipinski definition) is 1. The molecule has 5 heteroatoms. The van der Waals surface area contributed by atoms with Crippen LogP contribution in [0.5, 0.6) is 0 Å². The molecule has 2 aromatic rings. The van der Waals surface area contributed by atoms with Crippen LogP contribution in [0.1, 0.15) is 42.1 Å². The molecular formula is C20H24N2O2S. The first kappa shape index (κ1) is 18.0. The molecule has 0 unspecified atom stereocenters. The number of aliphatic hydroxyl groups is 1. The Balaban J connectivity index is 1.70. The second kappa shape index (κ2) is 8.02. The molecule has 0 bridgehead atoms. The van der Waals surface area contributed by atoms with E-state index in [9.17, 15) is 9.90 Å². The molecule has 1 saturated heterocycles. The maximum Gasteiger partial charge on any atom is 0.256 e. The number of piperidine rings is 1. The van der Waals surface area contributed by atoms with E-state index in [1.54, 1.807) is 18.0 Å². The highest BCUT2D eigenvalue weighted by atomic mass is 32.2. The number of thioether (sulfide) groups is 1. The molecule has 1 fully saturated rings. The predicted molar refractivity (Wildman–Crippen MR) is 101 cm³/mol. The topological polar surface area (TPSA) is 53.4 Å². The van der Waals surface area contributed by atoms with E-state index in [-0.39, 0.29) is 5.91 Å². The van der Waals surface area contributed by atoms with Crippen LogP contribution in [0.4, 0.5) is 0 Å². The number of pyridine rings is 1. The van der Waals surface area contributed by atoms with Crippen molar-refractivity contribution in [3.05, 3.63) is 59.8 Å². The van der Waals surface area contributed by atoms with E-state index in [4.69, 9.17) is 0 Å². The fraction of sp³-hybridized carbons (Fsp3) is 0.400. The van der Waals surface area contributed by atoms with E-state index in [1.807, 2.05) is 47.4 Å². The lowest BCUT2D eigenvalue weighted by molar-refractivity contribution is -0.0212. The van der Waals surface area contributed by atoms with Crippen molar-refractivity contribution < 1.29 is 9.90 Å². The molecule has 1 aliphatic rings. The van der Waals surface area contributed by atoms with Gasteiger partial charge in [-0.25, -0.2) is 4.98 Å². The Morgan fingerprint density at radius 3 is 2.60 bits per heavy atom. The summed E-state index contributed by atoms with van der Waals surface area (Å²) in [6.07, 6.45) is 3.89. The first-order valence-electron chi connectivity index (χ1n) is 8.79. The van der Waals surface area contributed by atoms with Gasteiger partial charge < -0.3 is 10.0 Å². The number of likely N-dealkylation sites (tertiary alicyclic amines) is 1. The summed E-state index contributed by atoms with van der Waals surface area (Å²) < 4.78 is 0. The van der Waals surface area contributed by atoms with Crippen LogP contribution in [0.2, 0.25) is 0 Å². The minimum absolute atomic E-state index is 0.0156. The van der Waals surface area contributed by atoms with Gasteiger partial charge in [-0.05, 0) is 42.7 Å². The van der Waals surface area contributed by atoms with Crippen LogP contribution >= 0.6 is 11.8 Å². The average Bonchev–Trinajstić information content (AvgIpc) is 2.67. The number of nitrogens with zero attached hydrogens (tertiary/aromatic N) is 2. The van der Waals surface area contributed by atoms with E-state index in [2.05, 4.69) is 11.9 Å². The molecule has 25 heavy (non-hydrogen) atoms. The zero-order valence-electron chi connectivity index (χ0n) is 14.5. The van der Waals surface area contributed by atoms with Crippen LogP contribution in [0, 0.1) is 0 Å². The summed E-state index contributed by atoms with van der Waals surface area (Å²) in [5, 5.41) is 11.7. The van der Waals surface area contributed by atoms with Crippen LogP contribution in [0.3, 0.4) is 0 Å². The monoisotopic (exact) mass is 356 g/mol. The molecule has 1 amide bonds. The van der Waals surface area contributed by atoms with E-state index in [1.165, 1.54) is 0 Å². The standard InChI is InChI=1S/C20H24N2O2S/c1-2-15-25-18-17(9-6-12-21-18)19(23)22-13-10-20(24,11-14-22)16-7-4-3-5-8-16/h3-9,12,24H,2,10-11,13-15H2,1H3. The van der Waals surface area contributed by atoms with Crippen LogP contribution in [0.15, 0.2) is 53.7 Å². The summed E-state index contributed by atoms with van der Waals surface area (Å²) in [7, 11) is 0. The third-order valence-corrected chi connectivity index (χ3v) is 5.84. The fourth-order valence-electron chi connectivity index (χ4n) is 3.15. The summed E-state index contributed by atoms with van der Waals surface area (Å²) in [4.78, 5) is 19.1. The van der Waals surface area contributed by atoms with E-state index in [0.717, 1.165) is 22.8 Å². The number of aromatic nitrogens is 1. The summed E-state index contributed by atoms with van der Waals surface area (Å²) in [5.74, 6) is 0.965. The summed E-state index contributed by atoms with van der Waals surface area (Å²) in [6.45, 7) is 3.22. The summed E-state index contributed by atoms with van der Waals surface area (Å²) in [5.41, 5.74) is 0.765. The van der Waals surface area contributed by atoms with Gasteiger partial charge in [0.15, 0.2) is 0 Å². The van der Waals surface area contributed by atoms with Crippen molar-refractivity contribution in [2.45, 2.75) is 36.8 Å². The molecule has 1 aromatic carbocycles. The SMILES string of the molecule is CCCSc1ncccc1C(=O)N1CCC(O)(c2ccccc2)CC1. The van der Waals surface area contributed by atoms with Crippen molar-refractivity contribution in [1.82, 2.24) is 9.88 Å². The Morgan fingerprint density at radius 1 is 1.20 bits per heavy atom. The van der Waals surface area contributed by atoms with Gasteiger partial charge in [0.25, 0.3) is 5.91 Å². The maximum atomic E-state index is 12.9. The number of rotatable bonds is 5. The number of hydrogen-bond acceptors (Lipinski definition) is 4. The van der Waals surface area contributed by atoms with Crippen LogP contribution in [-0.4, -0.2) is 39.7 Å². The Morgan fingerprint density at radius 2 is 1.92 bits per heavy atom. The lowest BCUT2D eigenvalue weighted by atomic mass is 9.84. The highest BCUT2D eigenvalue weighted by Gasteiger charge is 2.35. The molecular weight excluding hydrogens is 332 g/mol. The fourth-order valence-corrected chi connectivity index (χ4v) is 4.00. The number of carbonyl (C=O) groups excluding carboxylic acids is 1. The zero-order chi connectivity index (χ0) is 17.7. The zero-order valence-corrected chi connectivity index (χ0v) is 15.3. The second-order valence-corrected chi connectivity index (χ2v) is 7.48. The minimum Gasteiger partial charge on any atom is -0.385 e. The van der Waals surface area contributed by atoms with Gasteiger partial charge >= 0.3 is 0 Å². The van der Waals surface area contributed by atoms with Gasteiger partial charge in [0, 0.05) is 19.3 Å². The first-order valence-corrected chi connectivity index (χ1v) is 9.77. The summed E-state index contributed by atoms with van der Waals surface area (Å²) in [6, 6.07) is 13.4. The Hall–Kier alpha value is -1.85. The van der Waals surface area contributed by atoms with Crippen molar-refractivity contribution in [1.29, 1.82) is 0 Å². The Bertz CT molecular complexity index is 713. The van der Waals surface area contributed by atoms with E-state index >= 15 is 0 Å². The molecule has 0 spiro atoms. The highest BCUT2D eigenvalue weighted by Crippen LogP contribution is 2.33. The van der Waals surface area contributed by atoms with Crippen molar-refractivity contribution in [2.75, 3.05) is 18.8 Å². The van der Waals surface area contributed by atoms with Crippen molar-refractivity contribution in [2.24, 2.45) is 0 Å². The summed E-state index contributed by atoms with van der Waals surface area (Å²) >= 11 is 1.63. The van der Waals surface area contributed by atoms with Gasteiger partial charge in [0.1, 0.15) is 5.03 Å². The highest BCUT2D eigenvalue weighted by molar-refractivity contribution is 7.99. The number of amides is 1. The molecule has 1 aromatic heterocycles. The molecule has 3 rings (SSSR count). The molecule has 132 valence electrons. The molecule has 1 N–H and O–H groups in total. The first-order chi connectivity index (χ1) is 12.1. The molecule has 0 saturated carbocycles. The number of benzene rings is 1. The molecule has 0 atom stereocenters. The van der Waals surface area contributed by atoms with Crippen LogP contribution < -0.4 is 0 Å². The second-order valence-electron chi connectivity index (χ2n) is 6.39. The Kier molecular flexibility index (Phi) is 5.76. The van der Waals surface area contributed by atoms with Crippen molar-refractivity contribution in [3.8, 4) is 0 Å². The van der Waals surface area contributed by atoms with Gasteiger partial charge in [0.2, 0.25) is 0 Å². The third-order valence-electron chi connectivity index (χ3n) is 4.63. The maximum absolute atomic E-state index is 12.9. The van der Waals surface area contributed by atoms with Gasteiger partial charge in [0.05, 0.1) is 11.2 Å². The molecule has 0 radical (unpaired) electrons. The molecule has 2 heterocycles. The van der Waals surface area contributed by atoms with Crippen molar-refractivity contribution >= 4 is 17.7 Å². The van der Waals surface area contributed by atoms with Gasteiger partial charge in [-0.2, -0.15) is 0 Å². The molecule has 0 aliphatic carbocycles. The normalized spacial score (nSPS) is 16.6. The minimum atomic E-state index is -0.841. The quantitative estimate of drug-likeness (QED) is 0.830. The van der Waals surface area contributed by atoms with Crippen LogP contribution in [-0.2, 0) is 5.60 Å². The van der Waals surface area contributed by atoms with E-state index in [0.29, 0.717) is 31.5 Å². The smallest absolute Gasteiger partial charge is 0.256 e. The largest absolute Gasteiger partial charge is 0.385 e. The average molecular weight is 356 g/mol.